The highest BCUT2D eigenvalue weighted by atomic mass is 16.5. The molecule has 0 amide bonds. The highest BCUT2D eigenvalue weighted by Crippen LogP contribution is 2.13. The summed E-state index contributed by atoms with van der Waals surface area (Å²) in [5, 5.41) is 0. The molecule has 2 aromatic rings. The monoisotopic (exact) mass is 272 g/mol. The Morgan fingerprint density at radius 1 is 1.25 bits per heavy atom. The van der Waals surface area contributed by atoms with Crippen molar-refractivity contribution in [2.24, 2.45) is 0 Å². The normalized spacial score (nSPS) is 10.1. The van der Waals surface area contributed by atoms with Gasteiger partial charge in [0.05, 0.1) is 19.5 Å². The summed E-state index contributed by atoms with van der Waals surface area (Å²) >= 11 is 0. The van der Waals surface area contributed by atoms with Gasteiger partial charge in [0.1, 0.15) is 5.82 Å². The third kappa shape index (κ3) is 3.28. The number of nitrogens with zero attached hydrogens (tertiary/aromatic N) is 4. The Kier molecular flexibility index (Phi) is 4.60. The minimum Gasteiger partial charge on any atom is -0.464 e. The van der Waals surface area contributed by atoms with E-state index in [2.05, 4.69) is 24.6 Å². The van der Waals surface area contributed by atoms with Crippen LogP contribution in [0.5, 0.6) is 0 Å². The number of aromatic nitrogens is 3. The predicted octanol–water partition coefficient (Wildman–Crippen LogP) is 1.68. The van der Waals surface area contributed by atoms with Gasteiger partial charge in [-0.15, -0.1) is 0 Å². The Balaban J connectivity index is 2.13. The van der Waals surface area contributed by atoms with E-state index in [4.69, 9.17) is 0 Å². The standard InChI is InChI=1S/C14H16N4O2/c1-3-18(10-11-4-6-15-7-5-11)13-9-16-12(8-17-13)14(19)20-2/h4-9H,3,10H2,1-2H3. The van der Waals surface area contributed by atoms with E-state index in [0.29, 0.717) is 6.54 Å². The van der Waals surface area contributed by atoms with Crippen LogP contribution in [0.2, 0.25) is 0 Å². The van der Waals surface area contributed by atoms with Gasteiger partial charge in [0.25, 0.3) is 0 Å². The maximum atomic E-state index is 11.3. The summed E-state index contributed by atoms with van der Waals surface area (Å²) in [6, 6.07) is 3.91. The van der Waals surface area contributed by atoms with Gasteiger partial charge in [0.2, 0.25) is 0 Å². The molecule has 0 saturated heterocycles. The molecule has 0 aliphatic rings. The van der Waals surface area contributed by atoms with Crippen molar-refractivity contribution in [2.45, 2.75) is 13.5 Å². The number of hydrogen-bond donors (Lipinski definition) is 0. The van der Waals surface area contributed by atoms with Crippen molar-refractivity contribution < 1.29 is 9.53 Å². The van der Waals surface area contributed by atoms with Crippen molar-refractivity contribution in [3.8, 4) is 0 Å². The fourth-order valence-corrected chi connectivity index (χ4v) is 1.76. The van der Waals surface area contributed by atoms with Gasteiger partial charge in [-0.2, -0.15) is 0 Å². The van der Waals surface area contributed by atoms with E-state index in [9.17, 15) is 4.79 Å². The predicted molar refractivity (Wildman–Crippen MR) is 74.3 cm³/mol. The zero-order valence-corrected chi connectivity index (χ0v) is 11.5. The molecular weight excluding hydrogens is 256 g/mol. The molecule has 0 aliphatic carbocycles. The summed E-state index contributed by atoms with van der Waals surface area (Å²) < 4.78 is 4.60. The summed E-state index contributed by atoms with van der Waals surface area (Å²) in [6.45, 7) is 3.54. The molecule has 0 aromatic carbocycles. The topological polar surface area (TPSA) is 68.2 Å². The van der Waals surface area contributed by atoms with Crippen LogP contribution >= 0.6 is 0 Å². The molecule has 0 spiro atoms. The quantitative estimate of drug-likeness (QED) is 0.771. The second kappa shape index (κ2) is 6.60. The minimum absolute atomic E-state index is 0.205. The van der Waals surface area contributed by atoms with Crippen LogP contribution in [-0.2, 0) is 11.3 Å². The van der Waals surface area contributed by atoms with Gasteiger partial charge in [-0.3, -0.25) is 4.98 Å². The smallest absolute Gasteiger partial charge is 0.358 e. The van der Waals surface area contributed by atoms with Gasteiger partial charge < -0.3 is 9.64 Å². The van der Waals surface area contributed by atoms with E-state index in [0.717, 1.165) is 17.9 Å². The molecule has 0 fully saturated rings. The Hall–Kier alpha value is -2.50. The molecule has 2 heterocycles. The molecule has 104 valence electrons. The highest BCUT2D eigenvalue weighted by Gasteiger charge is 2.11. The highest BCUT2D eigenvalue weighted by molar-refractivity contribution is 5.86. The Labute approximate surface area is 117 Å². The SMILES string of the molecule is CCN(Cc1ccncc1)c1cnc(C(=O)OC)cn1. The largest absolute Gasteiger partial charge is 0.464 e. The third-order valence-corrected chi connectivity index (χ3v) is 2.86. The molecule has 0 atom stereocenters. The van der Waals surface area contributed by atoms with Crippen LogP contribution in [0.4, 0.5) is 5.82 Å². The fourth-order valence-electron chi connectivity index (χ4n) is 1.76. The molecule has 6 nitrogen and oxygen atoms in total. The Bertz CT molecular complexity index is 557. The van der Waals surface area contributed by atoms with Crippen molar-refractivity contribution in [2.75, 3.05) is 18.6 Å². The number of carbonyl (C=O) groups excluding carboxylic acids is 1. The van der Waals surface area contributed by atoms with Crippen molar-refractivity contribution in [1.82, 2.24) is 15.0 Å². The summed E-state index contributed by atoms with van der Waals surface area (Å²) in [6.07, 6.45) is 6.53. The Morgan fingerprint density at radius 2 is 2.00 bits per heavy atom. The van der Waals surface area contributed by atoms with Crippen LogP contribution in [0, 0.1) is 0 Å². The lowest BCUT2D eigenvalue weighted by Gasteiger charge is -2.21. The second-order valence-corrected chi connectivity index (χ2v) is 4.12. The lowest BCUT2D eigenvalue weighted by Crippen LogP contribution is -2.23. The first-order valence-corrected chi connectivity index (χ1v) is 6.28. The van der Waals surface area contributed by atoms with Gasteiger partial charge >= 0.3 is 5.97 Å². The first-order chi connectivity index (χ1) is 9.74. The lowest BCUT2D eigenvalue weighted by atomic mass is 10.2. The van der Waals surface area contributed by atoms with E-state index < -0.39 is 5.97 Å². The Morgan fingerprint density at radius 3 is 2.55 bits per heavy atom. The number of methoxy groups -OCH3 is 1. The van der Waals surface area contributed by atoms with Gasteiger partial charge in [-0.1, -0.05) is 0 Å². The molecule has 2 aromatic heterocycles. The van der Waals surface area contributed by atoms with E-state index in [1.807, 2.05) is 19.1 Å². The van der Waals surface area contributed by atoms with Crippen molar-refractivity contribution in [3.63, 3.8) is 0 Å². The molecule has 0 saturated carbocycles. The zero-order valence-electron chi connectivity index (χ0n) is 11.5. The third-order valence-electron chi connectivity index (χ3n) is 2.86. The summed E-state index contributed by atoms with van der Waals surface area (Å²) in [5.74, 6) is 0.234. The van der Waals surface area contributed by atoms with Crippen LogP contribution in [0.15, 0.2) is 36.9 Å². The van der Waals surface area contributed by atoms with Crippen molar-refractivity contribution >= 4 is 11.8 Å². The summed E-state index contributed by atoms with van der Waals surface area (Å²) in [7, 11) is 1.32. The first kappa shape index (κ1) is 13.9. The van der Waals surface area contributed by atoms with Crippen LogP contribution in [0.25, 0.3) is 0 Å². The number of hydrogen-bond acceptors (Lipinski definition) is 6. The first-order valence-electron chi connectivity index (χ1n) is 6.28. The average molecular weight is 272 g/mol. The van der Waals surface area contributed by atoms with Crippen molar-refractivity contribution in [3.05, 3.63) is 48.2 Å². The van der Waals surface area contributed by atoms with Gasteiger partial charge in [-0.25, -0.2) is 14.8 Å². The molecule has 6 heteroatoms. The number of esters is 1. The van der Waals surface area contributed by atoms with E-state index in [1.54, 1.807) is 18.6 Å². The number of anilines is 1. The fraction of sp³-hybridized carbons (Fsp3) is 0.286. The molecule has 0 bridgehead atoms. The average Bonchev–Trinajstić information content (AvgIpc) is 2.53. The van der Waals surface area contributed by atoms with E-state index in [1.165, 1.54) is 13.3 Å². The summed E-state index contributed by atoms with van der Waals surface area (Å²) in [5.41, 5.74) is 1.34. The molecule has 0 radical (unpaired) electrons. The van der Waals surface area contributed by atoms with E-state index in [-0.39, 0.29) is 5.69 Å². The van der Waals surface area contributed by atoms with Gasteiger partial charge in [0.15, 0.2) is 5.69 Å². The number of carbonyl (C=O) groups is 1. The summed E-state index contributed by atoms with van der Waals surface area (Å²) in [4.78, 5) is 25.7. The second-order valence-electron chi connectivity index (χ2n) is 4.12. The zero-order chi connectivity index (χ0) is 14.4. The van der Waals surface area contributed by atoms with Crippen LogP contribution in [-0.4, -0.2) is 34.6 Å². The maximum Gasteiger partial charge on any atom is 0.358 e. The van der Waals surface area contributed by atoms with Crippen LogP contribution in [0.1, 0.15) is 23.0 Å². The van der Waals surface area contributed by atoms with Gasteiger partial charge in [0, 0.05) is 25.5 Å². The molecule has 0 unspecified atom stereocenters. The van der Waals surface area contributed by atoms with Crippen LogP contribution in [0.3, 0.4) is 0 Å². The molecule has 2 rings (SSSR count). The van der Waals surface area contributed by atoms with Crippen LogP contribution < -0.4 is 4.90 Å². The number of pyridine rings is 1. The lowest BCUT2D eigenvalue weighted by molar-refractivity contribution is 0.0593. The molecular formula is C14H16N4O2. The van der Waals surface area contributed by atoms with E-state index >= 15 is 0 Å². The number of ether oxygens (including phenoxy) is 1. The van der Waals surface area contributed by atoms with Crippen molar-refractivity contribution in [1.29, 1.82) is 0 Å². The molecule has 0 N–H and O–H groups in total. The maximum absolute atomic E-state index is 11.3. The minimum atomic E-state index is -0.485. The molecule has 20 heavy (non-hydrogen) atoms. The molecule has 0 aliphatic heterocycles. The van der Waals surface area contributed by atoms with Gasteiger partial charge in [-0.05, 0) is 24.6 Å². The number of rotatable bonds is 5.